The van der Waals surface area contributed by atoms with Gasteiger partial charge in [-0.25, -0.2) is 0 Å². The predicted octanol–water partition coefficient (Wildman–Crippen LogP) is 5.25. The second kappa shape index (κ2) is 5.28. The van der Waals surface area contributed by atoms with Gasteiger partial charge in [-0.15, -0.1) is 11.6 Å². The van der Waals surface area contributed by atoms with Gasteiger partial charge in [-0.05, 0) is 30.6 Å². The van der Waals surface area contributed by atoms with Crippen LogP contribution in [0.1, 0.15) is 32.8 Å². The van der Waals surface area contributed by atoms with Crippen LogP contribution < -0.4 is 0 Å². The number of hydrogen-bond donors (Lipinski definition) is 0. The van der Waals surface area contributed by atoms with Crippen molar-refractivity contribution in [3.63, 3.8) is 0 Å². The average Bonchev–Trinajstić information content (AvgIpc) is 2.67. The van der Waals surface area contributed by atoms with E-state index in [4.69, 9.17) is 16.0 Å². The Labute approximate surface area is 128 Å². The fraction of sp³-hybridized carbons (Fsp3) is 0.562. The second-order valence-corrected chi connectivity index (χ2v) is 12.5. The van der Waals surface area contributed by atoms with E-state index in [2.05, 4.69) is 44.9 Å². The van der Waals surface area contributed by atoms with Crippen LogP contribution in [0.4, 0.5) is 5.69 Å². The fourth-order valence-corrected chi connectivity index (χ4v) is 3.38. The highest BCUT2D eigenvalue weighted by Crippen LogP contribution is 2.43. The SMILES string of the molecule is CC(C)(C)[Si](C)(C)OCCC1(Cl)C=Nc2ccccc21. The Kier molecular flexibility index (Phi) is 4.16. The second-order valence-electron chi connectivity index (χ2n) is 7.00. The van der Waals surface area contributed by atoms with Crippen molar-refractivity contribution >= 4 is 31.8 Å². The summed E-state index contributed by atoms with van der Waals surface area (Å²) >= 11 is 6.73. The predicted molar refractivity (Wildman–Crippen MR) is 89.9 cm³/mol. The lowest BCUT2D eigenvalue weighted by atomic mass is 9.97. The first-order valence-electron chi connectivity index (χ1n) is 7.13. The van der Waals surface area contributed by atoms with Gasteiger partial charge in [0.1, 0.15) is 4.87 Å². The van der Waals surface area contributed by atoms with Crippen LogP contribution in [0.3, 0.4) is 0 Å². The van der Waals surface area contributed by atoms with Gasteiger partial charge in [-0.3, -0.25) is 4.99 Å². The third-order valence-electron chi connectivity index (χ3n) is 4.50. The van der Waals surface area contributed by atoms with Gasteiger partial charge >= 0.3 is 0 Å². The molecule has 1 aliphatic heterocycles. The first-order valence-corrected chi connectivity index (χ1v) is 10.4. The summed E-state index contributed by atoms with van der Waals surface area (Å²) in [6.45, 7) is 12.0. The maximum atomic E-state index is 6.73. The van der Waals surface area contributed by atoms with Gasteiger partial charge in [0.15, 0.2) is 8.32 Å². The minimum atomic E-state index is -1.70. The van der Waals surface area contributed by atoms with Crippen molar-refractivity contribution in [2.45, 2.75) is 50.2 Å². The molecule has 1 atom stereocenters. The molecule has 110 valence electrons. The van der Waals surface area contributed by atoms with E-state index >= 15 is 0 Å². The van der Waals surface area contributed by atoms with E-state index in [0.29, 0.717) is 6.61 Å². The minimum Gasteiger partial charge on any atom is -0.417 e. The highest BCUT2D eigenvalue weighted by Gasteiger charge is 2.39. The van der Waals surface area contributed by atoms with E-state index in [-0.39, 0.29) is 5.04 Å². The van der Waals surface area contributed by atoms with Gasteiger partial charge in [0.05, 0.1) is 5.69 Å². The van der Waals surface area contributed by atoms with Crippen molar-refractivity contribution in [1.82, 2.24) is 0 Å². The van der Waals surface area contributed by atoms with Crippen LogP contribution in [-0.2, 0) is 9.30 Å². The van der Waals surface area contributed by atoms with Crippen LogP contribution in [0.2, 0.25) is 18.1 Å². The Hall–Kier alpha value is -0.643. The van der Waals surface area contributed by atoms with E-state index < -0.39 is 13.2 Å². The van der Waals surface area contributed by atoms with Gasteiger partial charge in [-0.1, -0.05) is 39.0 Å². The molecule has 1 aliphatic rings. The molecule has 0 saturated heterocycles. The monoisotopic (exact) mass is 309 g/mol. The number of para-hydroxylation sites is 1. The van der Waals surface area contributed by atoms with Crippen molar-refractivity contribution in [2.24, 2.45) is 4.99 Å². The van der Waals surface area contributed by atoms with Crippen molar-refractivity contribution in [1.29, 1.82) is 0 Å². The molecule has 1 aromatic rings. The highest BCUT2D eigenvalue weighted by atomic mass is 35.5. The zero-order chi connectivity index (χ0) is 15.0. The summed E-state index contributed by atoms with van der Waals surface area (Å²) in [6, 6.07) is 8.07. The topological polar surface area (TPSA) is 21.6 Å². The van der Waals surface area contributed by atoms with Crippen LogP contribution in [0.15, 0.2) is 29.3 Å². The molecule has 0 radical (unpaired) electrons. The van der Waals surface area contributed by atoms with E-state index in [1.807, 2.05) is 24.4 Å². The smallest absolute Gasteiger partial charge is 0.191 e. The molecule has 20 heavy (non-hydrogen) atoms. The summed E-state index contributed by atoms with van der Waals surface area (Å²) in [4.78, 5) is 3.91. The molecule has 1 unspecified atom stereocenters. The Bertz CT molecular complexity index is 521. The van der Waals surface area contributed by atoms with Crippen molar-refractivity contribution in [3.05, 3.63) is 29.8 Å². The maximum absolute atomic E-state index is 6.73. The molecule has 4 heteroatoms. The molecule has 0 N–H and O–H groups in total. The number of alkyl halides is 1. The van der Waals surface area contributed by atoms with Gasteiger partial charge < -0.3 is 4.43 Å². The van der Waals surface area contributed by atoms with Gasteiger partial charge in [-0.2, -0.15) is 0 Å². The van der Waals surface area contributed by atoms with E-state index in [0.717, 1.165) is 17.7 Å². The molecular formula is C16H24ClNOSi. The van der Waals surface area contributed by atoms with Crippen LogP contribution in [0.5, 0.6) is 0 Å². The standard InChI is InChI=1S/C16H24ClNOSi/c1-15(2,3)20(4,5)19-11-10-16(17)12-18-14-9-7-6-8-13(14)16/h6-9,12H,10-11H2,1-5H3. The fourth-order valence-electron chi connectivity index (χ4n) is 2.05. The minimum absolute atomic E-state index is 0.230. The molecule has 1 heterocycles. The summed E-state index contributed by atoms with van der Waals surface area (Å²) in [5.74, 6) is 0. The summed E-state index contributed by atoms with van der Waals surface area (Å²) in [5.41, 5.74) is 2.08. The van der Waals surface area contributed by atoms with Crippen LogP contribution >= 0.6 is 11.6 Å². The quantitative estimate of drug-likeness (QED) is 0.550. The number of aliphatic imine (C=N–C) groups is 1. The Morgan fingerprint density at radius 1 is 1.25 bits per heavy atom. The lowest BCUT2D eigenvalue weighted by Gasteiger charge is -2.36. The molecule has 2 rings (SSSR count). The number of rotatable bonds is 4. The average molecular weight is 310 g/mol. The zero-order valence-corrected chi connectivity index (χ0v) is 14.8. The van der Waals surface area contributed by atoms with Crippen LogP contribution in [0.25, 0.3) is 0 Å². The normalized spacial score (nSPS) is 22.1. The number of nitrogens with zero attached hydrogens (tertiary/aromatic N) is 1. The molecule has 2 nitrogen and oxygen atoms in total. The van der Waals surface area contributed by atoms with Crippen LogP contribution in [0, 0.1) is 0 Å². The third-order valence-corrected chi connectivity index (χ3v) is 9.52. The maximum Gasteiger partial charge on any atom is 0.191 e. The zero-order valence-electron chi connectivity index (χ0n) is 13.0. The summed E-state index contributed by atoms with van der Waals surface area (Å²) in [7, 11) is -1.70. The van der Waals surface area contributed by atoms with Crippen LogP contribution in [-0.4, -0.2) is 21.1 Å². The highest BCUT2D eigenvalue weighted by molar-refractivity contribution is 6.74. The van der Waals surface area contributed by atoms with E-state index in [1.54, 1.807) is 0 Å². The molecule has 0 spiro atoms. The summed E-state index contributed by atoms with van der Waals surface area (Å²) in [6.07, 6.45) is 2.62. The summed E-state index contributed by atoms with van der Waals surface area (Å²) in [5, 5.41) is 0.230. The first-order chi connectivity index (χ1) is 9.16. The number of fused-ring (bicyclic) bond motifs is 1. The van der Waals surface area contributed by atoms with Crippen molar-refractivity contribution in [3.8, 4) is 0 Å². The van der Waals surface area contributed by atoms with E-state index in [1.165, 1.54) is 0 Å². The van der Waals surface area contributed by atoms with Crippen molar-refractivity contribution < 1.29 is 4.43 Å². The molecule has 0 bridgehead atoms. The molecule has 0 aliphatic carbocycles. The van der Waals surface area contributed by atoms with E-state index in [9.17, 15) is 0 Å². The summed E-state index contributed by atoms with van der Waals surface area (Å²) < 4.78 is 6.23. The first kappa shape index (κ1) is 15.7. The lowest BCUT2D eigenvalue weighted by molar-refractivity contribution is 0.275. The Morgan fingerprint density at radius 2 is 1.90 bits per heavy atom. The molecular weight excluding hydrogens is 286 g/mol. The molecule has 0 fully saturated rings. The Balaban J connectivity index is 2.01. The lowest BCUT2D eigenvalue weighted by Crippen LogP contribution is -2.41. The number of hydrogen-bond acceptors (Lipinski definition) is 2. The molecule has 0 aromatic heterocycles. The number of halogens is 1. The molecule has 0 amide bonds. The molecule has 0 saturated carbocycles. The van der Waals surface area contributed by atoms with Gasteiger partial charge in [0, 0.05) is 18.4 Å². The van der Waals surface area contributed by atoms with Gasteiger partial charge in [0.2, 0.25) is 0 Å². The third kappa shape index (κ3) is 3.00. The largest absolute Gasteiger partial charge is 0.417 e. The Morgan fingerprint density at radius 3 is 2.55 bits per heavy atom. The molecule has 1 aromatic carbocycles. The van der Waals surface area contributed by atoms with Crippen molar-refractivity contribution in [2.75, 3.05) is 6.61 Å². The van der Waals surface area contributed by atoms with Gasteiger partial charge in [0.25, 0.3) is 0 Å². The number of benzene rings is 1.